The summed E-state index contributed by atoms with van der Waals surface area (Å²) in [5.74, 6) is 0.554. The lowest BCUT2D eigenvalue weighted by Crippen LogP contribution is -2.24. The molecular weight excluding hydrogens is 415 g/mol. The molecular formula is C25H26F3N3O. The number of nitrogens with one attached hydrogen (secondary N) is 1. The maximum absolute atomic E-state index is 13.1. The summed E-state index contributed by atoms with van der Waals surface area (Å²) in [5, 5.41) is 0. The van der Waals surface area contributed by atoms with Gasteiger partial charge in [-0.1, -0.05) is 48.0 Å². The van der Waals surface area contributed by atoms with E-state index < -0.39 is 11.7 Å². The quantitative estimate of drug-likeness (QED) is 0.545. The van der Waals surface area contributed by atoms with Gasteiger partial charge in [0.15, 0.2) is 0 Å². The van der Waals surface area contributed by atoms with Crippen molar-refractivity contribution in [3.8, 4) is 0 Å². The fraction of sp³-hybridized carbons (Fsp3) is 0.360. The van der Waals surface area contributed by atoms with E-state index in [0.717, 1.165) is 37.8 Å². The summed E-state index contributed by atoms with van der Waals surface area (Å²) in [6.07, 6.45) is -0.719. The van der Waals surface area contributed by atoms with Crippen molar-refractivity contribution in [2.75, 3.05) is 5.73 Å². The Morgan fingerprint density at radius 1 is 1.03 bits per heavy atom. The summed E-state index contributed by atoms with van der Waals surface area (Å²) in [6, 6.07) is 13.7. The van der Waals surface area contributed by atoms with Crippen LogP contribution < -0.4 is 11.3 Å². The molecule has 1 fully saturated rings. The standard InChI is InChI=1S/C25H26F3N3O/c1-15-5-7-17(8-6-15)18-9-11-19(12-10-18)22-21(23(32)31-24(29)30-22)14-16-3-2-4-20(13-16)25(26,27)28/h2-8,13,18-19H,9-12,14H2,1H3,(H3,29,30,31,32)/t18-,19-. The SMILES string of the molecule is Cc1ccc([C@H]2CC[C@H](c3nc(N)[nH]c(=O)c3Cc3cccc(C(F)(F)F)c3)CC2)cc1. The number of alkyl halides is 3. The van der Waals surface area contributed by atoms with E-state index in [9.17, 15) is 18.0 Å². The van der Waals surface area contributed by atoms with Gasteiger partial charge in [-0.05, 0) is 55.7 Å². The van der Waals surface area contributed by atoms with Gasteiger partial charge in [-0.2, -0.15) is 13.2 Å². The number of aromatic amines is 1. The summed E-state index contributed by atoms with van der Waals surface area (Å²) >= 11 is 0. The number of hydrogen-bond donors (Lipinski definition) is 2. The molecule has 1 aromatic heterocycles. The summed E-state index contributed by atoms with van der Waals surface area (Å²) in [6.45, 7) is 2.07. The molecule has 0 amide bonds. The van der Waals surface area contributed by atoms with Gasteiger partial charge in [0.1, 0.15) is 0 Å². The first-order valence-corrected chi connectivity index (χ1v) is 10.8. The number of nitrogens with two attached hydrogens (primary N) is 1. The fourth-order valence-corrected chi connectivity index (χ4v) is 4.64. The maximum Gasteiger partial charge on any atom is 0.416 e. The van der Waals surface area contributed by atoms with E-state index in [2.05, 4.69) is 41.2 Å². The van der Waals surface area contributed by atoms with Crippen LogP contribution in [-0.4, -0.2) is 9.97 Å². The second-order valence-electron chi connectivity index (χ2n) is 8.65. The molecule has 1 heterocycles. The Morgan fingerprint density at radius 2 is 1.69 bits per heavy atom. The minimum Gasteiger partial charge on any atom is -0.369 e. The molecule has 4 nitrogen and oxygen atoms in total. The fourth-order valence-electron chi connectivity index (χ4n) is 4.64. The molecule has 0 spiro atoms. The van der Waals surface area contributed by atoms with E-state index in [1.807, 2.05) is 0 Å². The van der Waals surface area contributed by atoms with Crippen LogP contribution >= 0.6 is 0 Å². The van der Waals surface area contributed by atoms with Gasteiger partial charge in [0.2, 0.25) is 5.95 Å². The Labute approximate surface area is 184 Å². The van der Waals surface area contributed by atoms with Crippen molar-refractivity contribution in [3.05, 3.63) is 92.4 Å². The van der Waals surface area contributed by atoms with Gasteiger partial charge in [0, 0.05) is 17.9 Å². The van der Waals surface area contributed by atoms with Gasteiger partial charge in [0.05, 0.1) is 11.3 Å². The van der Waals surface area contributed by atoms with Gasteiger partial charge < -0.3 is 5.73 Å². The minimum absolute atomic E-state index is 0.0402. The van der Waals surface area contributed by atoms with Gasteiger partial charge in [-0.25, -0.2) is 4.98 Å². The molecule has 0 bridgehead atoms. The largest absolute Gasteiger partial charge is 0.416 e. The van der Waals surface area contributed by atoms with Crippen LogP contribution in [0.2, 0.25) is 0 Å². The Balaban J connectivity index is 1.58. The lowest BCUT2D eigenvalue weighted by atomic mass is 9.76. The molecule has 1 saturated carbocycles. The molecule has 0 aliphatic heterocycles. The van der Waals surface area contributed by atoms with Gasteiger partial charge >= 0.3 is 6.18 Å². The summed E-state index contributed by atoms with van der Waals surface area (Å²) < 4.78 is 39.3. The second-order valence-corrected chi connectivity index (χ2v) is 8.65. The molecule has 0 radical (unpaired) electrons. The van der Waals surface area contributed by atoms with Crippen LogP contribution in [0, 0.1) is 6.92 Å². The number of H-pyrrole nitrogens is 1. The predicted octanol–water partition coefficient (Wildman–Crippen LogP) is 5.71. The monoisotopic (exact) mass is 441 g/mol. The smallest absolute Gasteiger partial charge is 0.369 e. The molecule has 2 aromatic carbocycles. The molecule has 0 atom stereocenters. The van der Waals surface area contributed by atoms with E-state index in [1.54, 1.807) is 6.07 Å². The van der Waals surface area contributed by atoms with E-state index in [-0.39, 0.29) is 23.8 Å². The number of aromatic nitrogens is 2. The third-order valence-electron chi connectivity index (χ3n) is 6.36. The Bertz CT molecular complexity index is 1140. The predicted molar refractivity (Wildman–Crippen MR) is 119 cm³/mol. The molecule has 4 rings (SSSR count). The number of nitrogens with zero attached hydrogens (tertiary/aromatic N) is 1. The van der Waals surface area contributed by atoms with E-state index in [4.69, 9.17) is 5.73 Å². The molecule has 3 aromatic rings. The zero-order valence-corrected chi connectivity index (χ0v) is 17.9. The third kappa shape index (κ3) is 4.87. The normalized spacial score (nSPS) is 19.1. The Kier molecular flexibility index (Phi) is 6.09. The van der Waals surface area contributed by atoms with Crippen molar-refractivity contribution in [2.45, 2.75) is 57.0 Å². The first-order chi connectivity index (χ1) is 15.2. The first kappa shape index (κ1) is 22.1. The number of benzene rings is 2. The van der Waals surface area contributed by atoms with Crippen LogP contribution in [0.15, 0.2) is 53.3 Å². The summed E-state index contributed by atoms with van der Waals surface area (Å²) in [7, 11) is 0. The molecule has 32 heavy (non-hydrogen) atoms. The van der Waals surface area contributed by atoms with Crippen LogP contribution in [0.5, 0.6) is 0 Å². The Morgan fingerprint density at radius 3 is 2.34 bits per heavy atom. The zero-order valence-electron chi connectivity index (χ0n) is 17.9. The van der Waals surface area contributed by atoms with E-state index in [1.165, 1.54) is 17.2 Å². The Hall–Kier alpha value is -3.09. The summed E-state index contributed by atoms with van der Waals surface area (Å²) in [4.78, 5) is 19.7. The van der Waals surface area contributed by atoms with Crippen molar-refractivity contribution in [2.24, 2.45) is 0 Å². The number of halogens is 3. The highest BCUT2D eigenvalue weighted by Gasteiger charge is 2.31. The molecule has 0 saturated heterocycles. The van der Waals surface area contributed by atoms with Crippen LogP contribution in [0.3, 0.4) is 0 Å². The van der Waals surface area contributed by atoms with E-state index >= 15 is 0 Å². The molecule has 7 heteroatoms. The third-order valence-corrected chi connectivity index (χ3v) is 6.36. The van der Waals surface area contributed by atoms with Gasteiger partial charge in [-0.15, -0.1) is 0 Å². The van der Waals surface area contributed by atoms with Crippen molar-refractivity contribution < 1.29 is 13.2 Å². The summed E-state index contributed by atoms with van der Waals surface area (Å²) in [5.41, 5.74) is 8.70. The van der Waals surface area contributed by atoms with Crippen LogP contribution in [0.25, 0.3) is 0 Å². The second kappa shape index (κ2) is 8.81. The highest BCUT2D eigenvalue weighted by atomic mass is 19.4. The first-order valence-electron chi connectivity index (χ1n) is 10.8. The van der Waals surface area contributed by atoms with Crippen LogP contribution in [0.1, 0.15) is 71.0 Å². The maximum atomic E-state index is 13.1. The van der Waals surface area contributed by atoms with Crippen LogP contribution in [0.4, 0.5) is 19.1 Å². The average Bonchev–Trinajstić information content (AvgIpc) is 2.76. The number of rotatable bonds is 4. The number of anilines is 1. The molecule has 0 unspecified atom stereocenters. The number of hydrogen-bond acceptors (Lipinski definition) is 3. The van der Waals surface area contributed by atoms with E-state index in [0.29, 0.717) is 22.7 Å². The zero-order chi connectivity index (χ0) is 22.9. The van der Waals surface area contributed by atoms with Crippen molar-refractivity contribution in [1.29, 1.82) is 0 Å². The number of aryl methyl sites for hydroxylation is 1. The molecule has 1 aliphatic carbocycles. The lowest BCUT2D eigenvalue weighted by Gasteiger charge is -2.29. The van der Waals surface area contributed by atoms with Crippen molar-refractivity contribution in [1.82, 2.24) is 9.97 Å². The highest BCUT2D eigenvalue weighted by Crippen LogP contribution is 2.41. The number of nitrogen functional groups attached to an aromatic ring is 1. The molecule has 168 valence electrons. The highest BCUT2D eigenvalue weighted by molar-refractivity contribution is 5.35. The van der Waals surface area contributed by atoms with Gasteiger partial charge in [0.25, 0.3) is 5.56 Å². The van der Waals surface area contributed by atoms with Crippen molar-refractivity contribution >= 4 is 5.95 Å². The van der Waals surface area contributed by atoms with Gasteiger partial charge in [-0.3, -0.25) is 9.78 Å². The topological polar surface area (TPSA) is 71.8 Å². The molecule has 3 N–H and O–H groups in total. The average molecular weight is 441 g/mol. The van der Waals surface area contributed by atoms with Crippen LogP contribution in [-0.2, 0) is 12.6 Å². The molecule has 1 aliphatic rings. The lowest BCUT2D eigenvalue weighted by molar-refractivity contribution is -0.137. The van der Waals surface area contributed by atoms with Crippen molar-refractivity contribution in [3.63, 3.8) is 0 Å². The minimum atomic E-state index is -4.43.